The average molecular weight is 629 g/mol. The van der Waals surface area contributed by atoms with Crippen LogP contribution in [0, 0.1) is 0 Å². The van der Waals surface area contributed by atoms with Crippen LogP contribution in [-0.4, -0.2) is 24.6 Å². The Morgan fingerprint density at radius 2 is 1.02 bits per heavy atom. The van der Waals surface area contributed by atoms with Crippen molar-refractivity contribution < 1.29 is 23.8 Å². The molecule has 0 spiro atoms. The van der Waals surface area contributed by atoms with E-state index in [4.69, 9.17) is 14.2 Å². The molecule has 248 valence electrons. The Morgan fingerprint density at radius 1 is 0.565 bits per heavy atom. The van der Waals surface area contributed by atoms with Crippen molar-refractivity contribution >= 4 is 23.3 Å². The van der Waals surface area contributed by atoms with E-state index < -0.39 is 5.97 Å². The van der Waals surface area contributed by atoms with Crippen LogP contribution in [0.4, 0.5) is 11.4 Å². The number of carbonyl (C=O) groups is 2. The number of carbonyl (C=O) groups excluding carboxylic acids is 2. The first-order valence-corrected chi connectivity index (χ1v) is 17.3. The fraction of sp³-hybridized carbons (Fsp3) is 0.487. The molecule has 0 aromatic heterocycles. The Morgan fingerprint density at radius 3 is 1.61 bits per heavy atom. The number of esters is 2. The van der Waals surface area contributed by atoms with Gasteiger partial charge in [0, 0.05) is 0 Å². The third kappa shape index (κ3) is 14.4. The van der Waals surface area contributed by atoms with Crippen molar-refractivity contribution in [2.45, 2.75) is 117 Å². The first-order chi connectivity index (χ1) is 22.5. The maximum Gasteiger partial charge on any atom is 0.343 e. The van der Waals surface area contributed by atoms with Crippen LogP contribution in [0.15, 0.2) is 83.0 Å². The molecule has 7 heteroatoms. The van der Waals surface area contributed by atoms with Gasteiger partial charge in [0.2, 0.25) is 0 Å². The number of nitrogens with zero attached hydrogens (tertiary/aromatic N) is 2. The summed E-state index contributed by atoms with van der Waals surface area (Å²) < 4.78 is 16.9. The first kappa shape index (κ1) is 36.5. The third-order valence-corrected chi connectivity index (χ3v) is 7.81. The molecule has 0 saturated heterocycles. The number of hydrogen-bond donors (Lipinski definition) is 0. The molecule has 0 N–H and O–H groups in total. The predicted molar refractivity (Wildman–Crippen MR) is 185 cm³/mol. The summed E-state index contributed by atoms with van der Waals surface area (Å²) in [6, 6.07) is 20.7. The number of azo groups is 1. The van der Waals surface area contributed by atoms with Crippen LogP contribution in [0.2, 0.25) is 0 Å². The second-order valence-corrected chi connectivity index (χ2v) is 11.9. The van der Waals surface area contributed by atoms with E-state index in [0.717, 1.165) is 31.6 Å². The van der Waals surface area contributed by atoms with Crippen molar-refractivity contribution in [2.24, 2.45) is 10.2 Å². The van der Waals surface area contributed by atoms with Gasteiger partial charge in [-0.1, -0.05) is 84.5 Å². The minimum absolute atomic E-state index is 0.136. The van der Waals surface area contributed by atoms with Gasteiger partial charge in [-0.2, -0.15) is 10.2 Å². The predicted octanol–water partition coefficient (Wildman–Crippen LogP) is 11.7. The molecule has 0 amide bonds. The van der Waals surface area contributed by atoms with Gasteiger partial charge in [-0.25, -0.2) is 9.59 Å². The summed E-state index contributed by atoms with van der Waals surface area (Å²) in [6.45, 7) is 7.11. The smallest absolute Gasteiger partial charge is 0.343 e. The molecular formula is C39H52N2O5. The Balaban J connectivity index is 1.38. The fourth-order valence-corrected chi connectivity index (χ4v) is 4.98. The molecule has 3 rings (SSSR count). The average Bonchev–Trinajstić information content (AvgIpc) is 3.07. The van der Waals surface area contributed by atoms with Gasteiger partial charge in [-0.3, -0.25) is 0 Å². The molecule has 1 atom stereocenters. The molecule has 3 aromatic carbocycles. The van der Waals surface area contributed by atoms with E-state index in [-0.39, 0.29) is 12.1 Å². The Kier molecular flexibility index (Phi) is 17.2. The lowest BCUT2D eigenvalue weighted by Crippen LogP contribution is -2.15. The normalized spacial score (nSPS) is 11.8. The number of unbranched alkanes of at least 4 members (excludes halogenated alkanes) is 11. The van der Waals surface area contributed by atoms with Crippen molar-refractivity contribution in [1.82, 2.24) is 0 Å². The molecule has 0 aliphatic rings. The fourth-order valence-electron chi connectivity index (χ4n) is 4.98. The minimum atomic E-state index is -0.501. The highest BCUT2D eigenvalue weighted by Crippen LogP contribution is 2.23. The van der Waals surface area contributed by atoms with E-state index in [1.807, 2.05) is 31.2 Å². The maximum atomic E-state index is 12.7. The number of benzene rings is 3. The molecule has 0 aliphatic heterocycles. The lowest BCUT2D eigenvalue weighted by molar-refractivity contribution is 0.0319. The zero-order valence-electron chi connectivity index (χ0n) is 28.0. The van der Waals surface area contributed by atoms with Crippen molar-refractivity contribution in [2.75, 3.05) is 6.61 Å². The Labute approximate surface area is 275 Å². The Hall–Kier alpha value is -4.00. The monoisotopic (exact) mass is 628 g/mol. The summed E-state index contributed by atoms with van der Waals surface area (Å²) in [6.07, 6.45) is 16.7. The summed E-state index contributed by atoms with van der Waals surface area (Å²) in [5, 5.41) is 8.56. The van der Waals surface area contributed by atoms with Gasteiger partial charge in [0.1, 0.15) is 11.5 Å². The Bertz CT molecular complexity index is 1300. The van der Waals surface area contributed by atoms with Gasteiger partial charge in [0.25, 0.3) is 0 Å². The summed E-state index contributed by atoms with van der Waals surface area (Å²) in [7, 11) is 0. The second kappa shape index (κ2) is 21.7. The van der Waals surface area contributed by atoms with Crippen LogP contribution in [0.25, 0.3) is 0 Å². The molecule has 0 fully saturated rings. The van der Waals surface area contributed by atoms with Gasteiger partial charge in [-0.05, 0) is 99.0 Å². The SMILES string of the molecule is CCCCCCCCC[C@H](C)OC(=O)c1ccc(OC(=O)c2ccc(N=Nc3ccc(OCCCCCCCC)cc3)cc2)cc1. The minimum Gasteiger partial charge on any atom is -0.494 e. The van der Waals surface area contributed by atoms with Crippen LogP contribution in [0.1, 0.15) is 131 Å². The number of hydrogen-bond acceptors (Lipinski definition) is 7. The summed E-state index contributed by atoms with van der Waals surface area (Å²) in [5.74, 6) is 0.305. The zero-order chi connectivity index (χ0) is 32.8. The molecule has 0 heterocycles. The van der Waals surface area contributed by atoms with Gasteiger partial charge in [0.05, 0.1) is 35.2 Å². The van der Waals surface area contributed by atoms with Crippen molar-refractivity contribution in [3.63, 3.8) is 0 Å². The van der Waals surface area contributed by atoms with Crippen LogP contribution in [-0.2, 0) is 4.74 Å². The summed E-state index contributed by atoms with van der Waals surface area (Å²) >= 11 is 0. The molecule has 7 nitrogen and oxygen atoms in total. The first-order valence-electron chi connectivity index (χ1n) is 17.3. The summed E-state index contributed by atoms with van der Waals surface area (Å²) in [5.41, 5.74) is 2.14. The van der Waals surface area contributed by atoms with Gasteiger partial charge < -0.3 is 14.2 Å². The molecule has 3 aromatic rings. The standard InChI is InChI=1S/C39H52N2O5/c1-4-6-8-10-12-13-15-17-31(3)45-38(42)33-20-26-37(27-21-33)46-39(43)32-18-22-34(23-19-32)40-41-35-24-28-36(29-25-35)44-30-16-14-11-9-7-5-2/h18-29,31H,4-17,30H2,1-3H3/t31-/m0/s1. The van der Waals surface area contributed by atoms with Crippen LogP contribution >= 0.6 is 0 Å². The maximum absolute atomic E-state index is 12.7. The van der Waals surface area contributed by atoms with E-state index in [0.29, 0.717) is 28.3 Å². The molecule has 0 saturated carbocycles. The van der Waals surface area contributed by atoms with E-state index in [2.05, 4.69) is 24.1 Å². The highest BCUT2D eigenvalue weighted by molar-refractivity contribution is 5.92. The zero-order valence-corrected chi connectivity index (χ0v) is 28.0. The number of ether oxygens (including phenoxy) is 3. The largest absolute Gasteiger partial charge is 0.494 e. The lowest BCUT2D eigenvalue weighted by Gasteiger charge is -2.13. The molecule has 0 radical (unpaired) electrons. The topological polar surface area (TPSA) is 86.6 Å². The van der Waals surface area contributed by atoms with E-state index in [9.17, 15) is 9.59 Å². The van der Waals surface area contributed by atoms with Crippen LogP contribution in [0.3, 0.4) is 0 Å². The van der Waals surface area contributed by atoms with Crippen LogP contribution < -0.4 is 9.47 Å². The van der Waals surface area contributed by atoms with E-state index in [1.165, 1.54) is 70.6 Å². The van der Waals surface area contributed by atoms with Gasteiger partial charge >= 0.3 is 11.9 Å². The van der Waals surface area contributed by atoms with Crippen LogP contribution in [0.5, 0.6) is 11.5 Å². The summed E-state index contributed by atoms with van der Waals surface area (Å²) in [4.78, 5) is 25.2. The lowest BCUT2D eigenvalue weighted by atomic mass is 10.1. The molecular weight excluding hydrogens is 576 g/mol. The van der Waals surface area contributed by atoms with Gasteiger partial charge in [0.15, 0.2) is 0 Å². The quantitative estimate of drug-likeness (QED) is 0.0478. The molecule has 0 aliphatic carbocycles. The molecule has 0 bridgehead atoms. The molecule has 46 heavy (non-hydrogen) atoms. The highest BCUT2D eigenvalue weighted by atomic mass is 16.5. The van der Waals surface area contributed by atoms with Crippen molar-refractivity contribution in [3.8, 4) is 11.5 Å². The second-order valence-electron chi connectivity index (χ2n) is 11.9. The van der Waals surface area contributed by atoms with Crippen molar-refractivity contribution in [1.29, 1.82) is 0 Å². The van der Waals surface area contributed by atoms with E-state index >= 15 is 0 Å². The van der Waals surface area contributed by atoms with Crippen molar-refractivity contribution in [3.05, 3.63) is 83.9 Å². The van der Waals surface area contributed by atoms with Gasteiger partial charge in [-0.15, -0.1) is 0 Å². The third-order valence-electron chi connectivity index (χ3n) is 7.81. The molecule has 0 unspecified atom stereocenters. The number of rotatable bonds is 22. The van der Waals surface area contributed by atoms with E-state index in [1.54, 1.807) is 48.5 Å². The highest BCUT2D eigenvalue weighted by Gasteiger charge is 2.14.